The number of methoxy groups -OCH3 is 1. The van der Waals surface area contributed by atoms with Crippen molar-refractivity contribution >= 4 is 58.8 Å². The third-order valence-corrected chi connectivity index (χ3v) is 5.99. The molecule has 0 radical (unpaired) electrons. The number of hydrogen-bond acceptors (Lipinski definition) is 7. The number of imide groups is 2. The summed E-state index contributed by atoms with van der Waals surface area (Å²) < 4.78 is 10.2. The first-order chi connectivity index (χ1) is 18.7. The zero-order valence-corrected chi connectivity index (χ0v) is 21.6. The summed E-state index contributed by atoms with van der Waals surface area (Å²) >= 11 is 6.32. The van der Waals surface area contributed by atoms with Crippen LogP contribution in [0.15, 0.2) is 72.3 Å². The number of rotatable bonds is 7. The molecule has 0 bridgehead atoms. The number of urea groups is 1. The third-order valence-electron chi connectivity index (χ3n) is 5.69. The maximum atomic E-state index is 13.1. The highest BCUT2D eigenvalue weighted by Crippen LogP contribution is 2.28. The maximum absolute atomic E-state index is 13.1. The molecule has 1 aliphatic rings. The molecule has 0 unspecified atom stereocenters. The largest absolute Gasteiger partial charge is 0.482 e. The molecule has 3 aromatic carbocycles. The Hall–Kier alpha value is -4.96. The van der Waals surface area contributed by atoms with Crippen molar-refractivity contribution in [3.05, 3.63) is 94.0 Å². The van der Waals surface area contributed by atoms with E-state index in [4.69, 9.17) is 16.3 Å². The Morgan fingerprint density at radius 2 is 1.74 bits per heavy atom. The molecule has 1 aliphatic heterocycles. The zero-order chi connectivity index (χ0) is 28.1. The minimum atomic E-state index is -0.932. The molecule has 1 saturated heterocycles. The number of nitrogens with one attached hydrogen (secondary N) is 2. The van der Waals surface area contributed by atoms with E-state index in [0.29, 0.717) is 11.3 Å². The number of hydrogen-bond donors (Lipinski definition) is 2. The van der Waals surface area contributed by atoms with Gasteiger partial charge >= 0.3 is 12.0 Å². The van der Waals surface area contributed by atoms with E-state index in [1.807, 2.05) is 19.1 Å². The van der Waals surface area contributed by atoms with Gasteiger partial charge in [-0.15, -0.1) is 0 Å². The van der Waals surface area contributed by atoms with Gasteiger partial charge in [-0.05, 0) is 66.6 Å². The van der Waals surface area contributed by atoms with Crippen molar-refractivity contribution in [3.8, 4) is 5.75 Å². The standard InChI is InChI=1S/C28H22ClN3O7/c1-16-5-3-4-6-22(16)30-24(33)15-39-23-12-7-17(14-21(23)29)13-20-25(34)31-28(37)32(26(20)35)19-10-8-18(9-11-19)27(36)38-2/h3-14H,15H2,1-2H3,(H,30,33)(H,31,34,37)/b20-13-. The second kappa shape index (κ2) is 11.6. The zero-order valence-electron chi connectivity index (χ0n) is 20.8. The van der Waals surface area contributed by atoms with Gasteiger partial charge in [-0.1, -0.05) is 35.9 Å². The quantitative estimate of drug-likeness (QED) is 0.258. The highest BCUT2D eigenvalue weighted by molar-refractivity contribution is 6.39. The average molecular weight is 548 g/mol. The molecular weight excluding hydrogens is 526 g/mol. The molecule has 0 aromatic heterocycles. The molecule has 5 amide bonds. The van der Waals surface area contributed by atoms with Gasteiger partial charge in [0.25, 0.3) is 17.7 Å². The van der Waals surface area contributed by atoms with E-state index in [9.17, 15) is 24.0 Å². The lowest BCUT2D eigenvalue weighted by Crippen LogP contribution is -2.54. The molecule has 2 N–H and O–H groups in total. The number of halogens is 1. The van der Waals surface area contributed by atoms with Gasteiger partial charge in [0, 0.05) is 5.69 Å². The van der Waals surface area contributed by atoms with E-state index in [-0.39, 0.29) is 40.1 Å². The summed E-state index contributed by atoms with van der Waals surface area (Å²) in [5.74, 6) is -2.47. The van der Waals surface area contributed by atoms with E-state index in [2.05, 4.69) is 15.4 Å². The fraction of sp³-hybridized carbons (Fsp3) is 0.107. The summed E-state index contributed by atoms with van der Waals surface area (Å²) in [6, 6.07) is 16.4. The van der Waals surface area contributed by atoms with E-state index >= 15 is 0 Å². The minimum Gasteiger partial charge on any atom is -0.482 e. The Labute approximate surface area is 228 Å². The monoisotopic (exact) mass is 547 g/mol. The van der Waals surface area contributed by atoms with Crippen molar-refractivity contribution in [3.63, 3.8) is 0 Å². The van der Waals surface area contributed by atoms with Crippen LogP contribution in [0.3, 0.4) is 0 Å². The van der Waals surface area contributed by atoms with Crippen molar-refractivity contribution in [2.45, 2.75) is 6.92 Å². The molecule has 3 aromatic rings. The highest BCUT2D eigenvalue weighted by atomic mass is 35.5. The number of benzene rings is 3. The van der Waals surface area contributed by atoms with Crippen LogP contribution < -0.4 is 20.3 Å². The van der Waals surface area contributed by atoms with Gasteiger partial charge in [-0.2, -0.15) is 0 Å². The molecular formula is C28H22ClN3O7. The lowest BCUT2D eigenvalue weighted by Gasteiger charge is -2.26. The van der Waals surface area contributed by atoms with Gasteiger partial charge in [0.1, 0.15) is 11.3 Å². The SMILES string of the molecule is COC(=O)c1ccc(N2C(=O)NC(=O)/C(=C/c3ccc(OCC(=O)Nc4ccccc4C)c(Cl)c3)C2=O)cc1. The van der Waals surface area contributed by atoms with Crippen LogP contribution >= 0.6 is 11.6 Å². The lowest BCUT2D eigenvalue weighted by atomic mass is 10.1. The third kappa shape index (κ3) is 6.13. The van der Waals surface area contributed by atoms with Crippen molar-refractivity contribution in [2.75, 3.05) is 23.9 Å². The number of anilines is 2. The molecule has 198 valence electrons. The van der Waals surface area contributed by atoms with Crippen LogP contribution in [-0.2, 0) is 19.1 Å². The summed E-state index contributed by atoms with van der Waals surface area (Å²) in [6.45, 7) is 1.58. The van der Waals surface area contributed by atoms with Gasteiger partial charge in [-0.3, -0.25) is 19.7 Å². The number of esters is 1. The predicted octanol–water partition coefficient (Wildman–Crippen LogP) is 4.12. The van der Waals surface area contributed by atoms with Crippen molar-refractivity contribution < 1.29 is 33.4 Å². The minimum absolute atomic E-state index is 0.142. The van der Waals surface area contributed by atoms with Gasteiger partial charge in [-0.25, -0.2) is 14.5 Å². The molecule has 10 nitrogen and oxygen atoms in total. The summed E-state index contributed by atoms with van der Waals surface area (Å²) in [4.78, 5) is 62.7. The van der Waals surface area contributed by atoms with E-state index in [1.54, 1.807) is 18.2 Å². The first-order valence-electron chi connectivity index (χ1n) is 11.6. The van der Waals surface area contributed by atoms with Crippen LogP contribution in [0.2, 0.25) is 5.02 Å². The molecule has 11 heteroatoms. The van der Waals surface area contributed by atoms with Crippen LogP contribution in [0.5, 0.6) is 5.75 Å². The molecule has 1 heterocycles. The second-order valence-corrected chi connectivity index (χ2v) is 8.75. The normalized spacial score (nSPS) is 14.2. The Morgan fingerprint density at radius 1 is 1.03 bits per heavy atom. The number of carbonyl (C=O) groups is 5. The van der Waals surface area contributed by atoms with Crippen molar-refractivity contribution in [2.24, 2.45) is 0 Å². The smallest absolute Gasteiger partial charge is 0.337 e. The van der Waals surface area contributed by atoms with E-state index < -0.39 is 23.8 Å². The van der Waals surface area contributed by atoms with E-state index in [1.165, 1.54) is 49.6 Å². The number of aryl methyl sites for hydroxylation is 1. The second-order valence-electron chi connectivity index (χ2n) is 8.34. The number of carbonyl (C=O) groups excluding carboxylic acids is 5. The molecule has 39 heavy (non-hydrogen) atoms. The van der Waals surface area contributed by atoms with E-state index in [0.717, 1.165) is 10.5 Å². The van der Waals surface area contributed by atoms with Crippen LogP contribution in [0.4, 0.5) is 16.2 Å². The summed E-state index contributed by atoms with van der Waals surface area (Å²) in [6.07, 6.45) is 1.28. The molecule has 0 aliphatic carbocycles. The molecule has 0 spiro atoms. The van der Waals surface area contributed by atoms with Crippen molar-refractivity contribution in [1.82, 2.24) is 5.32 Å². The summed E-state index contributed by atoms with van der Waals surface area (Å²) in [7, 11) is 1.23. The van der Waals surface area contributed by atoms with Gasteiger partial charge in [0.2, 0.25) is 0 Å². The predicted molar refractivity (Wildman–Crippen MR) is 144 cm³/mol. The fourth-order valence-corrected chi connectivity index (χ4v) is 3.93. The first kappa shape index (κ1) is 27.1. The number of nitrogens with zero attached hydrogens (tertiary/aromatic N) is 1. The fourth-order valence-electron chi connectivity index (χ4n) is 3.69. The molecule has 1 fully saturated rings. The van der Waals surface area contributed by atoms with Gasteiger partial charge in [0.05, 0.1) is 23.4 Å². The lowest BCUT2D eigenvalue weighted by molar-refractivity contribution is -0.122. The van der Waals surface area contributed by atoms with Crippen LogP contribution in [0, 0.1) is 6.92 Å². The van der Waals surface area contributed by atoms with Crippen LogP contribution in [0.1, 0.15) is 21.5 Å². The highest BCUT2D eigenvalue weighted by Gasteiger charge is 2.36. The average Bonchev–Trinajstić information content (AvgIpc) is 2.91. The number of ether oxygens (including phenoxy) is 2. The summed E-state index contributed by atoms with van der Waals surface area (Å²) in [5, 5.41) is 5.02. The summed E-state index contributed by atoms with van der Waals surface area (Å²) in [5.41, 5.74) is 2.01. The molecule has 0 saturated carbocycles. The Bertz CT molecular complexity index is 1520. The Kier molecular flexibility index (Phi) is 8.07. The first-order valence-corrected chi connectivity index (χ1v) is 11.9. The molecule has 0 atom stereocenters. The van der Waals surface area contributed by atoms with Gasteiger partial charge in [0.15, 0.2) is 6.61 Å². The Balaban J connectivity index is 1.48. The number of barbiturate groups is 1. The topological polar surface area (TPSA) is 131 Å². The van der Waals surface area contributed by atoms with Gasteiger partial charge < -0.3 is 14.8 Å². The Morgan fingerprint density at radius 3 is 2.41 bits per heavy atom. The van der Waals surface area contributed by atoms with Crippen LogP contribution in [-0.4, -0.2) is 43.4 Å². The molecule has 4 rings (SSSR count). The maximum Gasteiger partial charge on any atom is 0.337 e. The number of amides is 5. The number of para-hydroxylation sites is 1. The van der Waals surface area contributed by atoms with Crippen LogP contribution in [0.25, 0.3) is 6.08 Å². The van der Waals surface area contributed by atoms with Crippen molar-refractivity contribution in [1.29, 1.82) is 0 Å².